The summed E-state index contributed by atoms with van der Waals surface area (Å²) in [7, 11) is 0. The number of aryl methyl sites for hydroxylation is 1. The third kappa shape index (κ3) is 4.64. The van der Waals surface area contributed by atoms with Crippen LogP contribution < -0.4 is 10.6 Å². The third-order valence-electron chi connectivity index (χ3n) is 4.58. The predicted octanol–water partition coefficient (Wildman–Crippen LogP) is 2.70. The van der Waals surface area contributed by atoms with Gasteiger partial charge in [-0.05, 0) is 48.4 Å². The van der Waals surface area contributed by atoms with Gasteiger partial charge in [0.25, 0.3) is 0 Å². The van der Waals surface area contributed by atoms with Crippen LogP contribution in [0.15, 0.2) is 40.7 Å². The molecular weight excluding hydrogens is 344 g/mol. The van der Waals surface area contributed by atoms with E-state index in [4.69, 9.17) is 0 Å². The summed E-state index contributed by atoms with van der Waals surface area (Å²) in [6.07, 6.45) is 0.918. The normalized spacial score (nSPS) is 14.1. The monoisotopic (exact) mass is 370 g/mol. The largest absolute Gasteiger partial charge is 0.357 e. The van der Waals surface area contributed by atoms with Crippen molar-refractivity contribution < 1.29 is 4.79 Å². The van der Waals surface area contributed by atoms with Crippen molar-refractivity contribution in [2.75, 3.05) is 19.6 Å². The van der Waals surface area contributed by atoms with Crippen LogP contribution in [0.25, 0.3) is 0 Å². The summed E-state index contributed by atoms with van der Waals surface area (Å²) in [5.74, 6) is 0.759. The maximum absolute atomic E-state index is 12.6. The summed E-state index contributed by atoms with van der Waals surface area (Å²) in [5.41, 5.74) is 3.87. The van der Waals surface area contributed by atoms with Crippen LogP contribution in [-0.2, 0) is 24.3 Å². The molecule has 1 aliphatic heterocycles. The standard InChI is InChI=1S/C20H26N4OS/c1-3-21-20(22-12-18-15(2)9-11-26-18)23-13-19(25)24-10-8-16-6-4-5-7-17(16)14-24/h4-7,9,11H,3,8,10,12-14H2,1-2H3,(H2,21,22,23). The first-order chi connectivity index (χ1) is 12.7. The number of thiophene rings is 1. The number of hydrogen-bond acceptors (Lipinski definition) is 3. The molecule has 0 bridgehead atoms. The topological polar surface area (TPSA) is 56.7 Å². The Morgan fingerprint density at radius 1 is 1.23 bits per heavy atom. The first-order valence-corrected chi connectivity index (χ1v) is 9.95. The zero-order valence-corrected chi connectivity index (χ0v) is 16.2. The van der Waals surface area contributed by atoms with Gasteiger partial charge < -0.3 is 15.5 Å². The minimum absolute atomic E-state index is 0.0732. The van der Waals surface area contributed by atoms with Gasteiger partial charge in [-0.25, -0.2) is 4.99 Å². The summed E-state index contributed by atoms with van der Waals surface area (Å²) >= 11 is 1.73. The minimum Gasteiger partial charge on any atom is -0.357 e. The van der Waals surface area contributed by atoms with Crippen LogP contribution in [0.4, 0.5) is 0 Å². The van der Waals surface area contributed by atoms with Crippen molar-refractivity contribution in [2.24, 2.45) is 4.99 Å². The molecule has 0 radical (unpaired) electrons. The van der Waals surface area contributed by atoms with Crippen LogP contribution in [-0.4, -0.2) is 36.4 Å². The summed E-state index contributed by atoms with van der Waals surface area (Å²) < 4.78 is 0. The second-order valence-corrected chi connectivity index (χ2v) is 7.41. The van der Waals surface area contributed by atoms with E-state index in [1.54, 1.807) is 11.3 Å². The molecule has 2 heterocycles. The minimum atomic E-state index is 0.0732. The first kappa shape index (κ1) is 18.5. The quantitative estimate of drug-likeness (QED) is 0.628. The van der Waals surface area contributed by atoms with E-state index in [1.807, 2.05) is 17.9 Å². The number of aliphatic imine (C=N–C) groups is 1. The highest BCUT2D eigenvalue weighted by molar-refractivity contribution is 7.10. The van der Waals surface area contributed by atoms with E-state index >= 15 is 0 Å². The molecule has 2 aromatic rings. The second-order valence-electron chi connectivity index (χ2n) is 6.41. The Hall–Kier alpha value is -2.34. The summed E-state index contributed by atoms with van der Waals surface area (Å²) in [4.78, 5) is 20.2. The molecule has 26 heavy (non-hydrogen) atoms. The molecule has 138 valence electrons. The molecule has 0 atom stereocenters. The number of nitrogens with zero attached hydrogens (tertiary/aromatic N) is 2. The second kappa shape index (κ2) is 8.85. The van der Waals surface area contributed by atoms with E-state index in [0.717, 1.165) is 26.1 Å². The number of rotatable bonds is 5. The lowest BCUT2D eigenvalue weighted by Gasteiger charge is -2.28. The van der Waals surface area contributed by atoms with Crippen molar-refractivity contribution in [3.8, 4) is 0 Å². The Bertz CT molecular complexity index is 784. The Morgan fingerprint density at radius 2 is 2.04 bits per heavy atom. The van der Waals surface area contributed by atoms with Gasteiger partial charge in [0.2, 0.25) is 5.91 Å². The maximum atomic E-state index is 12.6. The predicted molar refractivity (Wildman–Crippen MR) is 107 cm³/mol. The molecule has 5 nitrogen and oxygen atoms in total. The van der Waals surface area contributed by atoms with E-state index in [-0.39, 0.29) is 12.5 Å². The Labute approximate surface area is 159 Å². The molecule has 0 spiro atoms. The number of hydrogen-bond donors (Lipinski definition) is 2. The molecule has 0 unspecified atom stereocenters. The molecule has 2 N–H and O–H groups in total. The van der Waals surface area contributed by atoms with Gasteiger partial charge in [-0.2, -0.15) is 0 Å². The van der Waals surface area contributed by atoms with E-state index in [9.17, 15) is 4.79 Å². The van der Waals surface area contributed by atoms with Gasteiger partial charge in [0.05, 0.1) is 6.54 Å². The number of nitrogens with one attached hydrogen (secondary N) is 2. The van der Waals surface area contributed by atoms with Gasteiger partial charge in [-0.3, -0.25) is 4.79 Å². The van der Waals surface area contributed by atoms with Crippen molar-refractivity contribution in [2.45, 2.75) is 33.4 Å². The van der Waals surface area contributed by atoms with Gasteiger partial charge in [0, 0.05) is 24.5 Å². The third-order valence-corrected chi connectivity index (χ3v) is 5.61. The van der Waals surface area contributed by atoms with Gasteiger partial charge in [0.1, 0.15) is 6.54 Å². The molecule has 1 aromatic heterocycles. The zero-order chi connectivity index (χ0) is 18.4. The van der Waals surface area contributed by atoms with Crippen LogP contribution in [0.2, 0.25) is 0 Å². The molecule has 1 amide bonds. The van der Waals surface area contributed by atoms with Crippen LogP contribution in [0.1, 0.15) is 28.5 Å². The summed E-state index contributed by atoms with van der Waals surface area (Å²) in [6, 6.07) is 10.5. The van der Waals surface area contributed by atoms with E-state index < -0.39 is 0 Å². The molecule has 0 saturated carbocycles. The van der Waals surface area contributed by atoms with Crippen LogP contribution in [0, 0.1) is 6.92 Å². The van der Waals surface area contributed by atoms with Crippen molar-refractivity contribution in [3.63, 3.8) is 0 Å². The van der Waals surface area contributed by atoms with Crippen LogP contribution in [0.3, 0.4) is 0 Å². The molecule has 1 aliphatic rings. The molecule has 1 aromatic carbocycles. The van der Waals surface area contributed by atoms with E-state index in [1.165, 1.54) is 21.6 Å². The van der Waals surface area contributed by atoms with Gasteiger partial charge in [-0.15, -0.1) is 11.3 Å². The molecular formula is C20H26N4OS. The number of amides is 1. The Balaban J connectivity index is 1.57. The van der Waals surface area contributed by atoms with Gasteiger partial charge in [-0.1, -0.05) is 24.3 Å². The maximum Gasteiger partial charge on any atom is 0.244 e. The number of benzene rings is 1. The van der Waals surface area contributed by atoms with Crippen molar-refractivity contribution in [3.05, 3.63) is 57.3 Å². The molecule has 3 rings (SSSR count). The zero-order valence-electron chi connectivity index (χ0n) is 15.4. The molecule has 6 heteroatoms. The SMILES string of the molecule is CCNC(=NCC(=O)N1CCc2ccccc2C1)NCc1sccc1C. The highest BCUT2D eigenvalue weighted by Crippen LogP contribution is 2.18. The molecule has 0 aliphatic carbocycles. The highest BCUT2D eigenvalue weighted by atomic mass is 32.1. The van der Waals surface area contributed by atoms with E-state index in [2.05, 4.69) is 52.2 Å². The van der Waals surface area contributed by atoms with Crippen LogP contribution in [0.5, 0.6) is 0 Å². The Kier molecular flexibility index (Phi) is 6.28. The fourth-order valence-corrected chi connectivity index (χ4v) is 3.89. The van der Waals surface area contributed by atoms with Crippen molar-refractivity contribution in [1.29, 1.82) is 0 Å². The fraction of sp³-hybridized carbons (Fsp3) is 0.400. The Morgan fingerprint density at radius 3 is 2.77 bits per heavy atom. The van der Waals surface area contributed by atoms with Crippen molar-refractivity contribution >= 4 is 23.2 Å². The first-order valence-electron chi connectivity index (χ1n) is 9.07. The van der Waals surface area contributed by atoms with Crippen LogP contribution >= 0.6 is 11.3 Å². The van der Waals surface area contributed by atoms with E-state index in [0.29, 0.717) is 12.5 Å². The smallest absolute Gasteiger partial charge is 0.244 e. The average molecular weight is 371 g/mol. The highest BCUT2D eigenvalue weighted by Gasteiger charge is 2.20. The average Bonchev–Trinajstić information content (AvgIpc) is 3.08. The summed E-state index contributed by atoms with van der Waals surface area (Å²) in [6.45, 7) is 7.24. The lowest BCUT2D eigenvalue weighted by atomic mass is 10.00. The lowest BCUT2D eigenvalue weighted by Crippen LogP contribution is -2.40. The molecule has 0 saturated heterocycles. The van der Waals surface area contributed by atoms with Crippen molar-refractivity contribution in [1.82, 2.24) is 15.5 Å². The summed E-state index contributed by atoms with van der Waals surface area (Å²) in [5, 5.41) is 8.62. The van der Waals surface area contributed by atoms with Gasteiger partial charge >= 0.3 is 0 Å². The number of guanidine groups is 1. The van der Waals surface area contributed by atoms with Gasteiger partial charge in [0.15, 0.2) is 5.96 Å². The fourth-order valence-electron chi connectivity index (χ4n) is 3.05. The number of carbonyl (C=O) groups is 1. The lowest BCUT2D eigenvalue weighted by molar-refractivity contribution is -0.130. The molecule has 0 fully saturated rings. The number of fused-ring (bicyclic) bond motifs is 1. The number of carbonyl (C=O) groups excluding carboxylic acids is 1.